The predicted molar refractivity (Wildman–Crippen MR) is 90.4 cm³/mol. The van der Waals surface area contributed by atoms with Gasteiger partial charge in [-0.2, -0.15) is 0 Å². The fourth-order valence-corrected chi connectivity index (χ4v) is 4.56. The normalized spacial score (nSPS) is 20.6. The Bertz CT molecular complexity index is 548. The van der Waals surface area contributed by atoms with E-state index in [1.54, 1.807) is 0 Å². The van der Waals surface area contributed by atoms with Gasteiger partial charge in [-0.15, -0.1) is 11.8 Å². The van der Waals surface area contributed by atoms with Crippen LogP contribution < -0.4 is 5.32 Å². The lowest BCUT2D eigenvalue weighted by Gasteiger charge is -2.36. The van der Waals surface area contributed by atoms with Gasteiger partial charge in [0.1, 0.15) is 0 Å². The molecule has 120 valence electrons. The fourth-order valence-electron chi connectivity index (χ4n) is 3.21. The highest BCUT2D eigenvalue weighted by Gasteiger charge is 2.34. The van der Waals surface area contributed by atoms with E-state index in [4.69, 9.17) is 0 Å². The van der Waals surface area contributed by atoms with Gasteiger partial charge in [-0.25, -0.2) is 0 Å². The topological polar surface area (TPSA) is 49.3 Å². The van der Waals surface area contributed by atoms with Crippen molar-refractivity contribution >= 4 is 17.7 Å². The van der Waals surface area contributed by atoms with Crippen LogP contribution in [-0.4, -0.2) is 28.4 Å². The molecule has 0 heterocycles. The van der Waals surface area contributed by atoms with Crippen LogP contribution >= 0.6 is 11.8 Å². The van der Waals surface area contributed by atoms with Gasteiger partial charge in [0.2, 0.25) is 0 Å². The number of aliphatic hydroxyl groups is 1. The Kier molecular flexibility index (Phi) is 4.79. The molecule has 3 rings (SSSR count). The van der Waals surface area contributed by atoms with E-state index < -0.39 is 5.60 Å². The number of rotatable bonds is 5. The number of thioether (sulfide) groups is 1. The van der Waals surface area contributed by atoms with Crippen LogP contribution in [0.1, 0.15) is 60.9 Å². The zero-order chi connectivity index (χ0) is 15.6. The summed E-state index contributed by atoms with van der Waals surface area (Å²) in [5.74, 6) is -0.0514. The Balaban J connectivity index is 1.69. The van der Waals surface area contributed by atoms with Crippen molar-refractivity contribution in [3.8, 4) is 0 Å². The molecule has 0 aromatic heterocycles. The molecule has 2 aliphatic rings. The Labute approximate surface area is 136 Å². The number of hydrogen-bond donors (Lipinski definition) is 2. The molecule has 0 bridgehead atoms. The predicted octanol–water partition coefficient (Wildman–Crippen LogP) is 3.67. The molecular formula is C18H25NO2S. The highest BCUT2D eigenvalue weighted by atomic mass is 32.2. The van der Waals surface area contributed by atoms with Crippen LogP contribution in [0.5, 0.6) is 0 Å². The van der Waals surface area contributed by atoms with Crippen LogP contribution in [0, 0.1) is 6.92 Å². The standard InChI is InChI=1S/C18H25NO2S/c1-13-7-8-16(22-14-5-2-3-6-14)15(11-13)17(20)19-12-18(21)9-4-10-18/h7-8,11,14,21H,2-6,9-10,12H2,1H3,(H,19,20). The second-order valence-corrected chi connectivity index (χ2v) is 8.13. The Morgan fingerprint density at radius 3 is 2.68 bits per heavy atom. The number of carbonyl (C=O) groups excluding carboxylic acids is 1. The first kappa shape index (κ1) is 15.9. The molecule has 0 unspecified atom stereocenters. The molecule has 2 fully saturated rings. The maximum absolute atomic E-state index is 12.5. The zero-order valence-corrected chi connectivity index (χ0v) is 14.0. The van der Waals surface area contributed by atoms with Gasteiger partial charge < -0.3 is 10.4 Å². The lowest BCUT2D eigenvalue weighted by Crippen LogP contribution is -2.47. The average molecular weight is 319 g/mol. The SMILES string of the molecule is Cc1ccc(SC2CCCC2)c(C(=O)NCC2(O)CCC2)c1. The molecule has 4 heteroatoms. The first-order valence-corrected chi connectivity index (χ1v) is 9.22. The molecule has 0 saturated heterocycles. The van der Waals surface area contributed by atoms with E-state index >= 15 is 0 Å². The fraction of sp³-hybridized carbons (Fsp3) is 0.611. The first-order chi connectivity index (χ1) is 10.6. The van der Waals surface area contributed by atoms with Crippen molar-refractivity contribution in [2.45, 2.75) is 67.6 Å². The number of benzene rings is 1. The summed E-state index contributed by atoms with van der Waals surface area (Å²) in [5, 5.41) is 13.7. The van der Waals surface area contributed by atoms with Crippen molar-refractivity contribution in [1.29, 1.82) is 0 Å². The quantitative estimate of drug-likeness (QED) is 0.870. The molecule has 2 aliphatic carbocycles. The highest BCUT2D eigenvalue weighted by Crippen LogP contribution is 2.36. The second kappa shape index (κ2) is 6.63. The second-order valence-electron chi connectivity index (χ2n) is 6.78. The van der Waals surface area contributed by atoms with Gasteiger partial charge in [0.15, 0.2) is 0 Å². The molecule has 0 radical (unpaired) electrons. The van der Waals surface area contributed by atoms with E-state index in [1.165, 1.54) is 25.7 Å². The number of nitrogens with one attached hydrogen (secondary N) is 1. The van der Waals surface area contributed by atoms with Crippen molar-refractivity contribution < 1.29 is 9.90 Å². The van der Waals surface area contributed by atoms with Crippen molar-refractivity contribution in [2.24, 2.45) is 0 Å². The lowest BCUT2D eigenvalue weighted by molar-refractivity contribution is -0.0300. The van der Waals surface area contributed by atoms with Crippen LogP contribution in [0.4, 0.5) is 0 Å². The highest BCUT2D eigenvalue weighted by molar-refractivity contribution is 8.00. The third-order valence-electron chi connectivity index (χ3n) is 4.84. The molecule has 22 heavy (non-hydrogen) atoms. The number of amides is 1. The van der Waals surface area contributed by atoms with Crippen molar-refractivity contribution in [3.63, 3.8) is 0 Å². The van der Waals surface area contributed by atoms with Crippen molar-refractivity contribution in [3.05, 3.63) is 29.3 Å². The van der Waals surface area contributed by atoms with Gasteiger partial charge in [-0.05, 0) is 51.2 Å². The summed E-state index contributed by atoms with van der Waals surface area (Å²) in [4.78, 5) is 13.6. The first-order valence-electron chi connectivity index (χ1n) is 8.34. The molecule has 0 aliphatic heterocycles. The monoisotopic (exact) mass is 319 g/mol. The van der Waals surface area contributed by atoms with Gasteiger partial charge in [-0.1, -0.05) is 24.5 Å². The van der Waals surface area contributed by atoms with Gasteiger partial charge >= 0.3 is 0 Å². The van der Waals surface area contributed by atoms with E-state index in [0.717, 1.165) is 35.3 Å². The number of hydrogen-bond acceptors (Lipinski definition) is 3. The lowest BCUT2D eigenvalue weighted by atomic mass is 9.80. The number of carbonyl (C=O) groups is 1. The van der Waals surface area contributed by atoms with Crippen LogP contribution in [0.25, 0.3) is 0 Å². The molecule has 1 aromatic carbocycles. The summed E-state index contributed by atoms with van der Waals surface area (Å²) in [5.41, 5.74) is 1.20. The Morgan fingerprint density at radius 2 is 2.05 bits per heavy atom. The van der Waals surface area contributed by atoms with E-state index in [-0.39, 0.29) is 5.91 Å². The summed E-state index contributed by atoms with van der Waals surface area (Å²) >= 11 is 1.84. The minimum Gasteiger partial charge on any atom is -0.388 e. The third kappa shape index (κ3) is 3.66. The van der Waals surface area contributed by atoms with Gasteiger partial charge in [-0.3, -0.25) is 4.79 Å². The summed E-state index contributed by atoms with van der Waals surface area (Å²) in [6.45, 7) is 2.38. The average Bonchev–Trinajstić information content (AvgIpc) is 2.97. The van der Waals surface area contributed by atoms with Crippen LogP contribution in [0.3, 0.4) is 0 Å². The summed E-state index contributed by atoms with van der Waals surface area (Å²) in [6.07, 6.45) is 7.75. The molecule has 0 atom stereocenters. The minimum atomic E-state index is -0.668. The maximum atomic E-state index is 12.5. The van der Waals surface area contributed by atoms with Crippen LogP contribution in [-0.2, 0) is 0 Å². The van der Waals surface area contributed by atoms with E-state index in [9.17, 15) is 9.90 Å². The molecule has 1 aromatic rings. The molecular weight excluding hydrogens is 294 g/mol. The summed E-state index contributed by atoms with van der Waals surface area (Å²) in [6, 6.07) is 6.12. The molecule has 2 saturated carbocycles. The largest absolute Gasteiger partial charge is 0.388 e. The summed E-state index contributed by atoms with van der Waals surface area (Å²) < 4.78 is 0. The van der Waals surface area contributed by atoms with Crippen LogP contribution in [0.15, 0.2) is 23.1 Å². The smallest absolute Gasteiger partial charge is 0.252 e. The van der Waals surface area contributed by atoms with E-state index in [2.05, 4.69) is 17.4 Å². The molecule has 3 nitrogen and oxygen atoms in total. The minimum absolute atomic E-state index is 0.0514. The van der Waals surface area contributed by atoms with Crippen molar-refractivity contribution in [2.75, 3.05) is 6.54 Å². The maximum Gasteiger partial charge on any atom is 0.252 e. The molecule has 1 amide bonds. The molecule has 2 N–H and O–H groups in total. The summed E-state index contributed by atoms with van der Waals surface area (Å²) in [7, 11) is 0. The zero-order valence-electron chi connectivity index (χ0n) is 13.2. The Morgan fingerprint density at radius 1 is 1.32 bits per heavy atom. The van der Waals surface area contributed by atoms with Gasteiger partial charge in [0.05, 0.1) is 11.2 Å². The van der Waals surface area contributed by atoms with E-state index in [0.29, 0.717) is 11.8 Å². The van der Waals surface area contributed by atoms with Crippen LogP contribution in [0.2, 0.25) is 0 Å². The third-order valence-corrected chi connectivity index (χ3v) is 6.25. The van der Waals surface area contributed by atoms with E-state index in [1.807, 2.05) is 24.8 Å². The molecule has 0 spiro atoms. The van der Waals surface area contributed by atoms with Gasteiger partial charge in [0.25, 0.3) is 5.91 Å². The van der Waals surface area contributed by atoms with Crippen molar-refractivity contribution in [1.82, 2.24) is 5.32 Å². The number of aryl methyl sites for hydroxylation is 1. The Hall–Kier alpha value is -1.00. The van der Waals surface area contributed by atoms with Gasteiger partial charge in [0, 0.05) is 16.7 Å².